The summed E-state index contributed by atoms with van der Waals surface area (Å²) in [6.07, 6.45) is 9.22. The number of hydrogen-bond donors (Lipinski definition) is 2. The summed E-state index contributed by atoms with van der Waals surface area (Å²) >= 11 is 0. The van der Waals surface area contributed by atoms with Crippen LogP contribution < -0.4 is 11.1 Å². The lowest BCUT2D eigenvalue weighted by atomic mass is 10.00. The molecule has 0 aromatic heterocycles. The van der Waals surface area contributed by atoms with Gasteiger partial charge in [0.1, 0.15) is 0 Å². The van der Waals surface area contributed by atoms with Gasteiger partial charge in [0, 0.05) is 6.04 Å². The van der Waals surface area contributed by atoms with Crippen LogP contribution in [0.3, 0.4) is 0 Å². The molecule has 4 unspecified atom stereocenters. The highest BCUT2D eigenvalue weighted by molar-refractivity contribution is 4.95. The molecule has 1 fully saturated rings. The van der Waals surface area contributed by atoms with Crippen LogP contribution >= 0.6 is 0 Å². The maximum atomic E-state index is 5.42. The zero-order valence-corrected chi connectivity index (χ0v) is 22.1. The molecule has 0 aromatic rings. The van der Waals surface area contributed by atoms with Crippen molar-refractivity contribution >= 4 is 0 Å². The Morgan fingerprint density at radius 1 is 1.14 bits per heavy atom. The summed E-state index contributed by atoms with van der Waals surface area (Å²) in [6, 6.07) is 0.754. The summed E-state index contributed by atoms with van der Waals surface area (Å²) in [7, 11) is 4.27. The minimum atomic E-state index is 0.537. The first kappa shape index (κ1) is 33.3. The zero-order valence-electron chi connectivity index (χ0n) is 22.1. The predicted octanol–water partition coefficient (Wildman–Crippen LogP) is 6.73. The van der Waals surface area contributed by atoms with Gasteiger partial charge in [-0.25, -0.2) is 0 Å². The lowest BCUT2D eigenvalue weighted by Gasteiger charge is -2.24. The van der Waals surface area contributed by atoms with Gasteiger partial charge < -0.3 is 16.0 Å². The molecule has 29 heavy (non-hydrogen) atoms. The molecule has 4 atom stereocenters. The van der Waals surface area contributed by atoms with Gasteiger partial charge in [-0.1, -0.05) is 66.5 Å². The molecule has 1 aliphatic carbocycles. The maximum absolute atomic E-state index is 5.42. The average molecular weight is 414 g/mol. The second kappa shape index (κ2) is 23.9. The minimum absolute atomic E-state index is 0.537. The summed E-state index contributed by atoms with van der Waals surface area (Å²) in [5.41, 5.74) is 6.63. The molecule has 0 amide bonds. The summed E-state index contributed by atoms with van der Waals surface area (Å²) < 4.78 is 0. The van der Waals surface area contributed by atoms with Crippen molar-refractivity contribution in [3.63, 3.8) is 0 Å². The predicted molar refractivity (Wildman–Crippen MR) is 137 cm³/mol. The molecule has 0 aromatic carbocycles. The van der Waals surface area contributed by atoms with Gasteiger partial charge in [0.2, 0.25) is 0 Å². The highest BCUT2D eigenvalue weighted by Crippen LogP contribution is 2.36. The molecule has 3 nitrogen and oxygen atoms in total. The number of nitrogens with zero attached hydrogens (tertiary/aromatic N) is 1. The first-order chi connectivity index (χ1) is 13.7. The summed E-state index contributed by atoms with van der Waals surface area (Å²) in [5, 5.41) is 3.19. The normalized spacial score (nSPS) is 18.9. The molecule has 3 heteroatoms. The van der Waals surface area contributed by atoms with Crippen LogP contribution in [0, 0.1) is 17.8 Å². The number of rotatable bonds is 12. The maximum Gasteiger partial charge on any atom is 0.00638 e. The van der Waals surface area contributed by atoms with E-state index in [4.69, 9.17) is 5.73 Å². The van der Waals surface area contributed by atoms with Gasteiger partial charge in [0.25, 0.3) is 0 Å². The third-order valence-electron chi connectivity index (χ3n) is 5.90. The van der Waals surface area contributed by atoms with Crippen molar-refractivity contribution in [2.24, 2.45) is 23.5 Å². The van der Waals surface area contributed by atoms with Crippen molar-refractivity contribution in [2.45, 2.75) is 106 Å². The average Bonchev–Trinajstić information content (AvgIpc) is 3.38. The fourth-order valence-corrected chi connectivity index (χ4v) is 2.83. The van der Waals surface area contributed by atoms with Gasteiger partial charge in [0.15, 0.2) is 0 Å². The summed E-state index contributed by atoms with van der Waals surface area (Å²) in [5.74, 6) is 2.64. The second-order valence-electron chi connectivity index (χ2n) is 8.66. The number of unbranched alkanes of at least 4 members (excludes halogenated alkanes) is 2. The van der Waals surface area contributed by atoms with E-state index in [2.05, 4.69) is 58.5 Å². The Hall–Kier alpha value is -0.380. The van der Waals surface area contributed by atoms with Crippen LogP contribution in [0.25, 0.3) is 0 Å². The molecule has 0 bridgehead atoms. The molecule has 0 saturated heterocycles. The van der Waals surface area contributed by atoms with Crippen LogP contribution in [-0.4, -0.2) is 44.7 Å². The Kier molecular flexibility index (Phi) is 27.4. The van der Waals surface area contributed by atoms with Crippen molar-refractivity contribution in [3.8, 4) is 0 Å². The Morgan fingerprint density at radius 2 is 1.66 bits per heavy atom. The minimum Gasteiger partial charge on any atom is -0.330 e. The van der Waals surface area contributed by atoms with E-state index < -0.39 is 0 Å². The highest BCUT2D eigenvalue weighted by atomic mass is 15.1. The SMILES string of the molecule is C=C(C)C(CC)CN.CC.CC1CC1C.CCCCC(C)N(C)CCCCNC. The monoisotopic (exact) mass is 413 g/mol. The van der Waals surface area contributed by atoms with Crippen LogP contribution in [0.4, 0.5) is 0 Å². The molecular formula is C26H59N3. The lowest BCUT2D eigenvalue weighted by molar-refractivity contribution is 0.238. The molecule has 0 spiro atoms. The van der Waals surface area contributed by atoms with Gasteiger partial charge in [-0.3, -0.25) is 0 Å². The molecule has 1 rings (SSSR count). The van der Waals surface area contributed by atoms with E-state index in [9.17, 15) is 0 Å². The van der Waals surface area contributed by atoms with Crippen molar-refractivity contribution in [1.29, 1.82) is 0 Å². The molecule has 3 N–H and O–H groups in total. The van der Waals surface area contributed by atoms with E-state index in [0.717, 1.165) is 37.4 Å². The van der Waals surface area contributed by atoms with Gasteiger partial charge in [-0.05, 0) is 97.4 Å². The van der Waals surface area contributed by atoms with E-state index in [1.807, 2.05) is 27.8 Å². The third-order valence-corrected chi connectivity index (χ3v) is 5.90. The van der Waals surface area contributed by atoms with E-state index in [-0.39, 0.29) is 0 Å². The number of nitrogens with one attached hydrogen (secondary N) is 1. The number of hydrogen-bond acceptors (Lipinski definition) is 3. The first-order valence-electron chi connectivity index (χ1n) is 12.4. The Labute approximate surface area is 186 Å². The Balaban J connectivity index is -0.000000376. The topological polar surface area (TPSA) is 41.3 Å². The second-order valence-corrected chi connectivity index (χ2v) is 8.66. The quantitative estimate of drug-likeness (QED) is 0.275. The van der Waals surface area contributed by atoms with E-state index in [1.54, 1.807) is 0 Å². The fraction of sp³-hybridized carbons (Fsp3) is 0.923. The van der Waals surface area contributed by atoms with Crippen LogP contribution in [0.1, 0.15) is 100 Å². The van der Waals surface area contributed by atoms with Crippen molar-refractivity contribution in [3.05, 3.63) is 12.2 Å². The third kappa shape index (κ3) is 23.8. The van der Waals surface area contributed by atoms with E-state index >= 15 is 0 Å². The standard InChI is InChI=1S/C12H28N2.C7H15N.C5H10.C2H6/c1-5-6-9-12(2)14(4)11-8-7-10-13-3;1-4-7(5-8)6(2)3;1-4-3-5(4)2;1-2/h12-13H,5-11H2,1-4H3;7H,2,4-5,8H2,1,3H3;4-5H,3H2,1-2H3;1-2H3. The lowest BCUT2D eigenvalue weighted by Crippen LogP contribution is -2.30. The van der Waals surface area contributed by atoms with E-state index in [0.29, 0.717) is 5.92 Å². The zero-order chi connectivity index (χ0) is 23.2. The molecule has 1 aliphatic rings. The van der Waals surface area contributed by atoms with E-state index in [1.165, 1.54) is 50.6 Å². The molecule has 1 saturated carbocycles. The Morgan fingerprint density at radius 3 is 1.93 bits per heavy atom. The van der Waals surface area contributed by atoms with Crippen molar-refractivity contribution < 1.29 is 0 Å². The summed E-state index contributed by atoms with van der Waals surface area (Å²) in [4.78, 5) is 2.49. The van der Waals surface area contributed by atoms with Crippen LogP contribution in [0.2, 0.25) is 0 Å². The van der Waals surface area contributed by atoms with Gasteiger partial charge in [0.05, 0.1) is 0 Å². The van der Waals surface area contributed by atoms with Gasteiger partial charge in [-0.2, -0.15) is 0 Å². The van der Waals surface area contributed by atoms with Crippen LogP contribution in [0.15, 0.2) is 12.2 Å². The highest BCUT2D eigenvalue weighted by Gasteiger charge is 2.26. The fourth-order valence-electron chi connectivity index (χ4n) is 2.83. The summed E-state index contributed by atoms with van der Waals surface area (Å²) in [6.45, 7) is 24.3. The Bertz CT molecular complexity index is 320. The van der Waals surface area contributed by atoms with Crippen LogP contribution in [0.5, 0.6) is 0 Å². The van der Waals surface area contributed by atoms with Crippen molar-refractivity contribution in [2.75, 3.05) is 33.7 Å². The molecule has 178 valence electrons. The first-order valence-corrected chi connectivity index (χ1v) is 12.4. The molecule has 0 radical (unpaired) electrons. The smallest absolute Gasteiger partial charge is 0.00638 e. The largest absolute Gasteiger partial charge is 0.330 e. The number of nitrogens with two attached hydrogens (primary N) is 1. The molecular weight excluding hydrogens is 354 g/mol. The van der Waals surface area contributed by atoms with Gasteiger partial charge >= 0.3 is 0 Å². The van der Waals surface area contributed by atoms with Gasteiger partial charge in [-0.15, -0.1) is 0 Å². The van der Waals surface area contributed by atoms with Crippen LogP contribution in [-0.2, 0) is 0 Å². The van der Waals surface area contributed by atoms with Crippen molar-refractivity contribution in [1.82, 2.24) is 10.2 Å². The molecule has 0 aliphatic heterocycles. The molecule has 0 heterocycles.